The van der Waals surface area contributed by atoms with Gasteiger partial charge < -0.3 is 14.6 Å². The molecule has 0 saturated carbocycles. The summed E-state index contributed by atoms with van der Waals surface area (Å²) in [4.78, 5) is 13.5. The number of benzene rings is 2. The SMILES string of the molecule is CCOCCOc1ccc2ccccc2c1CN1CCC(C(=O)O)CC1. The third kappa shape index (κ3) is 4.54. The number of piperidine rings is 1. The van der Waals surface area contributed by atoms with E-state index >= 15 is 0 Å². The van der Waals surface area contributed by atoms with Crippen LogP contribution in [0.3, 0.4) is 0 Å². The first-order chi connectivity index (χ1) is 12.7. The van der Waals surface area contributed by atoms with E-state index in [4.69, 9.17) is 9.47 Å². The second kappa shape index (κ2) is 9.01. The normalized spacial score (nSPS) is 16.0. The van der Waals surface area contributed by atoms with E-state index in [1.807, 2.05) is 25.1 Å². The Bertz CT molecular complexity index is 738. The van der Waals surface area contributed by atoms with Gasteiger partial charge in [-0.2, -0.15) is 0 Å². The van der Waals surface area contributed by atoms with Crippen LogP contribution in [-0.4, -0.2) is 48.9 Å². The molecular weight excluding hydrogens is 330 g/mol. The van der Waals surface area contributed by atoms with Gasteiger partial charge in [-0.1, -0.05) is 30.3 Å². The van der Waals surface area contributed by atoms with Crippen LogP contribution in [0.4, 0.5) is 0 Å². The maximum atomic E-state index is 11.2. The summed E-state index contributed by atoms with van der Waals surface area (Å²) in [6.45, 7) is 6.15. The number of hydrogen-bond donors (Lipinski definition) is 1. The van der Waals surface area contributed by atoms with Gasteiger partial charge in [-0.3, -0.25) is 9.69 Å². The number of carboxylic acid groups (broad SMARTS) is 1. The van der Waals surface area contributed by atoms with E-state index < -0.39 is 5.97 Å². The molecule has 1 aliphatic heterocycles. The first-order valence-electron chi connectivity index (χ1n) is 9.35. The van der Waals surface area contributed by atoms with Crippen LogP contribution in [0.2, 0.25) is 0 Å². The second-order valence-electron chi connectivity index (χ2n) is 6.70. The van der Waals surface area contributed by atoms with Gasteiger partial charge in [0.2, 0.25) is 0 Å². The fourth-order valence-electron chi connectivity index (χ4n) is 3.53. The minimum Gasteiger partial charge on any atom is -0.491 e. The summed E-state index contributed by atoms with van der Waals surface area (Å²) in [5.41, 5.74) is 1.17. The molecule has 0 radical (unpaired) electrons. The van der Waals surface area contributed by atoms with Crippen molar-refractivity contribution >= 4 is 16.7 Å². The lowest BCUT2D eigenvalue weighted by molar-refractivity contribution is -0.143. The average Bonchev–Trinajstić information content (AvgIpc) is 2.67. The van der Waals surface area contributed by atoms with Crippen LogP contribution in [0.1, 0.15) is 25.3 Å². The third-order valence-corrected chi connectivity index (χ3v) is 5.01. The van der Waals surface area contributed by atoms with E-state index in [0.29, 0.717) is 32.7 Å². The minimum atomic E-state index is -0.672. The Morgan fingerprint density at radius 3 is 2.65 bits per heavy atom. The number of carbonyl (C=O) groups is 1. The first-order valence-corrected chi connectivity index (χ1v) is 9.35. The minimum absolute atomic E-state index is 0.208. The van der Waals surface area contributed by atoms with Crippen LogP contribution in [0.25, 0.3) is 10.8 Å². The molecule has 1 aliphatic rings. The van der Waals surface area contributed by atoms with E-state index in [1.54, 1.807) is 0 Å². The Labute approximate surface area is 154 Å². The van der Waals surface area contributed by atoms with Crippen molar-refractivity contribution < 1.29 is 19.4 Å². The molecule has 0 unspecified atom stereocenters. The monoisotopic (exact) mass is 357 g/mol. The molecule has 0 aromatic heterocycles. The molecule has 5 nitrogen and oxygen atoms in total. The number of nitrogens with zero attached hydrogens (tertiary/aromatic N) is 1. The average molecular weight is 357 g/mol. The summed E-state index contributed by atoms with van der Waals surface area (Å²) < 4.78 is 11.4. The summed E-state index contributed by atoms with van der Waals surface area (Å²) in [5.74, 6) is 0.0131. The fraction of sp³-hybridized carbons (Fsp3) is 0.476. The maximum Gasteiger partial charge on any atom is 0.306 e. The zero-order valence-electron chi connectivity index (χ0n) is 15.3. The number of rotatable bonds is 8. The largest absolute Gasteiger partial charge is 0.491 e. The molecule has 26 heavy (non-hydrogen) atoms. The van der Waals surface area contributed by atoms with E-state index in [9.17, 15) is 9.90 Å². The van der Waals surface area contributed by atoms with Gasteiger partial charge in [-0.05, 0) is 49.7 Å². The van der Waals surface area contributed by atoms with Crippen molar-refractivity contribution in [1.29, 1.82) is 0 Å². The molecule has 140 valence electrons. The predicted molar refractivity (Wildman–Crippen MR) is 102 cm³/mol. The molecule has 1 fully saturated rings. The number of ether oxygens (including phenoxy) is 2. The van der Waals surface area contributed by atoms with Crippen LogP contribution in [-0.2, 0) is 16.1 Å². The summed E-state index contributed by atoms with van der Waals surface area (Å²) in [5, 5.41) is 11.6. The van der Waals surface area contributed by atoms with Crippen LogP contribution < -0.4 is 4.74 Å². The molecule has 1 heterocycles. The molecule has 2 aromatic carbocycles. The lowest BCUT2D eigenvalue weighted by atomic mass is 9.96. The quantitative estimate of drug-likeness (QED) is 0.732. The van der Waals surface area contributed by atoms with Crippen molar-refractivity contribution in [2.24, 2.45) is 5.92 Å². The zero-order chi connectivity index (χ0) is 18.4. The predicted octanol–water partition coefficient (Wildman–Crippen LogP) is 3.55. The Kier molecular flexibility index (Phi) is 6.47. The number of aliphatic carboxylic acids is 1. The molecule has 5 heteroatoms. The summed E-state index contributed by atoms with van der Waals surface area (Å²) in [7, 11) is 0. The van der Waals surface area contributed by atoms with Crippen LogP contribution >= 0.6 is 0 Å². The lowest BCUT2D eigenvalue weighted by Crippen LogP contribution is -2.36. The van der Waals surface area contributed by atoms with Crippen LogP contribution in [0.5, 0.6) is 5.75 Å². The highest BCUT2D eigenvalue weighted by atomic mass is 16.5. The Morgan fingerprint density at radius 2 is 1.92 bits per heavy atom. The second-order valence-corrected chi connectivity index (χ2v) is 6.70. The van der Waals surface area contributed by atoms with Gasteiger partial charge in [0.1, 0.15) is 12.4 Å². The molecule has 2 aromatic rings. The molecule has 0 aliphatic carbocycles. The first kappa shape index (κ1) is 18.7. The molecule has 0 spiro atoms. The zero-order valence-corrected chi connectivity index (χ0v) is 15.3. The molecule has 3 rings (SSSR count). The van der Waals surface area contributed by atoms with Crippen LogP contribution in [0.15, 0.2) is 36.4 Å². The molecule has 0 amide bonds. The van der Waals surface area contributed by atoms with Crippen molar-refractivity contribution in [1.82, 2.24) is 4.90 Å². The van der Waals surface area contributed by atoms with Crippen molar-refractivity contribution in [3.63, 3.8) is 0 Å². The van der Waals surface area contributed by atoms with Crippen molar-refractivity contribution in [3.8, 4) is 5.75 Å². The Morgan fingerprint density at radius 1 is 1.15 bits per heavy atom. The smallest absolute Gasteiger partial charge is 0.306 e. The third-order valence-electron chi connectivity index (χ3n) is 5.01. The summed E-state index contributed by atoms with van der Waals surface area (Å²) >= 11 is 0. The number of fused-ring (bicyclic) bond motifs is 1. The summed E-state index contributed by atoms with van der Waals surface area (Å²) in [6, 6.07) is 12.5. The fourth-order valence-corrected chi connectivity index (χ4v) is 3.53. The highest BCUT2D eigenvalue weighted by Gasteiger charge is 2.25. The Balaban J connectivity index is 1.77. The lowest BCUT2D eigenvalue weighted by Gasteiger charge is -2.30. The van der Waals surface area contributed by atoms with E-state index in [1.165, 1.54) is 16.3 Å². The van der Waals surface area contributed by atoms with E-state index in [0.717, 1.165) is 25.4 Å². The molecule has 1 saturated heterocycles. The van der Waals surface area contributed by atoms with Gasteiger partial charge in [0.15, 0.2) is 0 Å². The van der Waals surface area contributed by atoms with Gasteiger partial charge in [0, 0.05) is 18.7 Å². The summed E-state index contributed by atoms with van der Waals surface area (Å²) in [6.07, 6.45) is 1.42. The van der Waals surface area contributed by atoms with Gasteiger partial charge in [0.25, 0.3) is 0 Å². The van der Waals surface area contributed by atoms with Gasteiger partial charge >= 0.3 is 5.97 Å². The van der Waals surface area contributed by atoms with Gasteiger partial charge in [0.05, 0.1) is 12.5 Å². The van der Waals surface area contributed by atoms with Crippen LogP contribution in [0, 0.1) is 5.92 Å². The molecule has 1 N–H and O–H groups in total. The number of carboxylic acids is 1. The number of likely N-dealkylation sites (tertiary alicyclic amines) is 1. The van der Waals surface area contributed by atoms with Crippen molar-refractivity contribution in [2.75, 3.05) is 32.9 Å². The van der Waals surface area contributed by atoms with Crippen molar-refractivity contribution in [2.45, 2.75) is 26.3 Å². The molecular formula is C21H27NO4. The topological polar surface area (TPSA) is 59.0 Å². The molecule has 0 atom stereocenters. The van der Waals surface area contributed by atoms with E-state index in [2.05, 4.69) is 23.1 Å². The van der Waals surface area contributed by atoms with E-state index in [-0.39, 0.29) is 5.92 Å². The van der Waals surface area contributed by atoms with Crippen molar-refractivity contribution in [3.05, 3.63) is 42.0 Å². The standard InChI is InChI=1S/C21H27NO4/c1-2-25-13-14-26-20-8-7-16-5-3-4-6-18(16)19(20)15-22-11-9-17(10-12-22)21(23)24/h3-8,17H,2,9-15H2,1H3,(H,23,24). The molecule has 0 bridgehead atoms. The van der Waals surface area contributed by atoms with Gasteiger partial charge in [-0.25, -0.2) is 0 Å². The number of hydrogen-bond acceptors (Lipinski definition) is 4. The highest BCUT2D eigenvalue weighted by Crippen LogP contribution is 2.30. The Hall–Kier alpha value is -2.11. The van der Waals surface area contributed by atoms with Gasteiger partial charge in [-0.15, -0.1) is 0 Å². The maximum absolute atomic E-state index is 11.2. The highest BCUT2D eigenvalue weighted by molar-refractivity contribution is 5.87.